The van der Waals surface area contributed by atoms with Gasteiger partial charge in [0.25, 0.3) is 0 Å². The minimum absolute atomic E-state index is 0.136. The molecule has 0 aromatic heterocycles. The number of allylic oxidation sites excluding steroid dienone is 2. The van der Waals surface area contributed by atoms with Gasteiger partial charge >= 0.3 is 5.97 Å². The number of esters is 1. The van der Waals surface area contributed by atoms with E-state index in [1.54, 1.807) is 0 Å². The molecule has 92 valence electrons. The van der Waals surface area contributed by atoms with Crippen LogP contribution in [0.3, 0.4) is 0 Å². The Labute approximate surface area is 97.8 Å². The van der Waals surface area contributed by atoms with E-state index in [1.807, 2.05) is 27.7 Å². The molecule has 0 amide bonds. The van der Waals surface area contributed by atoms with Gasteiger partial charge in [-0.1, -0.05) is 46.4 Å². The molecule has 0 rings (SSSR count). The van der Waals surface area contributed by atoms with E-state index < -0.39 is 17.5 Å². The molecule has 0 saturated carbocycles. The molecular formula is C13H22O3. The van der Waals surface area contributed by atoms with Crippen LogP contribution in [0.4, 0.5) is 0 Å². The number of rotatable bonds is 6. The van der Waals surface area contributed by atoms with Gasteiger partial charge in [0.05, 0.1) is 12.7 Å². The van der Waals surface area contributed by atoms with Crippen molar-refractivity contribution >= 4 is 5.97 Å². The third kappa shape index (κ3) is 5.12. The Balaban J connectivity index is 4.23. The zero-order valence-corrected chi connectivity index (χ0v) is 10.6. The van der Waals surface area contributed by atoms with Crippen LogP contribution in [0.25, 0.3) is 0 Å². The van der Waals surface area contributed by atoms with Crippen LogP contribution in [0.1, 0.15) is 27.7 Å². The van der Waals surface area contributed by atoms with Crippen molar-refractivity contribution in [2.45, 2.75) is 33.8 Å². The summed E-state index contributed by atoms with van der Waals surface area (Å²) in [6.45, 7) is 11.3. The molecule has 0 aliphatic rings. The van der Waals surface area contributed by atoms with E-state index in [9.17, 15) is 9.90 Å². The van der Waals surface area contributed by atoms with Gasteiger partial charge < -0.3 is 9.84 Å². The lowest BCUT2D eigenvalue weighted by molar-refractivity contribution is -0.144. The second kappa shape index (κ2) is 6.48. The van der Waals surface area contributed by atoms with E-state index in [0.717, 1.165) is 0 Å². The van der Waals surface area contributed by atoms with Crippen molar-refractivity contribution in [3.63, 3.8) is 0 Å². The van der Waals surface area contributed by atoms with Gasteiger partial charge in [0.1, 0.15) is 0 Å². The number of aliphatic hydroxyl groups is 1. The van der Waals surface area contributed by atoms with Crippen LogP contribution in [0.5, 0.6) is 0 Å². The standard InChI is InChI=1S/C13H22O3/c1-6-7-8-11(14)16-9-13(4,5)12(15)10(2)3/h6-8,10,12,15H,1,9H2,2-5H3. The topological polar surface area (TPSA) is 46.5 Å². The molecule has 0 heterocycles. The highest BCUT2D eigenvalue weighted by Gasteiger charge is 2.31. The van der Waals surface area contributed by atoms with Gasteiger partial charge in [0.15, 0.2) is 0 Å². The molecule has 16 heavy (non-hydrogen) atoms. The van der Waals surface area contributed by atoms with Crippen LogP contribution < -0.4 is 0 Å². The number of hydrogen-bond acceptors (Lipinski definition) is 3. The lowest BCUT2D eigenvalue weighted by atomic mass is 9.81. The van der Waals surface area contributed by atoms with E-state index in [-0.39, 0.29) is 12.5 Å². The Hall–Kier alpha value is -1.09. The van der Waals surface area contributed by atoms with Crippen molar-refractivity contribution in [2.75, 3.05) is 6.61 Å². The van der Waals surface area contributed by atoms with Crippen LogP contribution in [0.15, 0.2) is 24.8 Å². The molecule has 0 fully saturated rings. The first-order valence-electron chi connectivity index (χ1n) is 5.45. The highest BCUT2D eigenvalue weighted by atomic mass is 16.5. The molecule has 0 aliphatic heterocycles. The molecule has 0 spiro atoms. The normalized spacial score (nSPS) is 14.1. The van der Waals surface area contributed by atoms with Gasteiger partial charge in [-0.3, -0.25) is 0 Å². The van der Waals surface area contributed by atoms with Gasteiger partial charge in [-0.05, 0) is 5.92 Å². The summed E-state index contributed by atoms with van der Waals surface area (Å²) in [5.74, 6) is -0.277. The molecule has 1 atom stereocenters. The minimum atomic E-state index is -0.497. The summed E-state index contributed by atoms with van der Waals surface area (Å²) in [6, 6.07) is 0. The summed E-state index contributed by atoms with van der Waals surface area (Å²) >= 11 is 0. The Morgan fingerprint density at radius 1 is 1.50 bits per heavy atom. The molecule has 3 nitrogen and oxygen atoms in total. The number of hydrogen-bond donors (Lipinski definition) is 1. The summed E-state index contributed by atoms with van der Waals surface area (Å²) in [5.41, 5.74) is -0.439. The van der Waals surface area contributed by atoms with Crippen molar-refractivity contribution in [1.82, 2.24) is 0 Å². The number of ether oxygens (including phenoxy) is 1. The summed E-state index contributed by atoms with van der Waals surface area (Å²) in [6.07, 6.45) is 3.85. The van der Waals surface area contributed by atoms with E-state index in [0.29, 0.717) is 0 Å². The van der Waals surface area contributed by atoms with Crippen LogP contribution in [0.2, 0.25) is 0 Å². The molecule has 0 aliphatic carbocycles. The second-order valence-corrected chi connectivity index (χ2v) is 4.88. The average Bonchev–Trinajstić information content (AvgIpc) is 2.22. The zero-order chi connectivity index (χ0) is 12.8. The molecular weight excluding hydrogens is 204 g/mol. The van der Waals surface area contributed by atoms with Crippen LogP contribution in [-0.2, 0) is 9.53 Å². The van der Waals surface area contributed by atoms with Crippen LogP contribution >= 0.6 is 0 Å². The van der Waals surface area contributed by atoms with Crippen molar-refractivity contribution < 1.29 is 14.6 Å². The zero-order valence-electron chi connectivity index (χ0n) is 10.6. The number of carbonyl (C=O) groups is 1. The fourth-order valence-electron chi connectivity index (χ4n) is 1.44. The van der Waals surface area contributed by atoms with Gasteiger partial charge in [-0.2, -0.15) is 0 Å². The molecule has 0 aromatic rings. The fourth-order valence-corrected chi connectivity index (χ4v) is 1.44. The maximum Gasteiger partial charge on any atom is 0.330 e. The Bertz CT molecular complexity index is 264. The summed E-state index contributed by atoms with van der Waals surface area (Å²) < 4.78 is 5.05. The minimum Gasteiger partial charge on any atom is -0.462 e. The summed E-state index contributed by atoms with van der Waals surface area (Å²) in [7, 11) is 0. The van der Waals surface area contributed by atoms with Gasteiger partial charge in [0, 0.05) is 11.5 Å². The van der Waals surface area contributed by atoms with E-state index >= 15 is 0 Å². The van der Waals surface area contributed by atoms with E-state index in [2.05, 4.69) is 6.58 Å². The maximum atomic E-state index is 11.2. The van der Waals surface area contributed by atoms with Gasteiger partial charge in [0.2, 0.25) is 0 Å². The van der Waals surface area contributed by atoms with Crippen molar-refractivity contribution in [2.24, 2.45) is 11.3 Å². The Kier molecular flexibility index (Phi) is 6.04. The van der Waals surface area contributed by atoms with Gasteiger partial charge in [-0.15, -0.1) is 0 Å². The highest BCUT2D eigenvalue weighted by molar-refractivity contribution is 5.82. The monoisotopic (exact) mass is 226 g/mol. The Morgan fingerprint density at radius 2 is 2.06 bits per heavy atom. The molecule has 0 radical (unpaired) electrons. The van der Waals surface area contributed by atoms with Crippen LogP contribution in [0, 0.1) is 11.3 Å². The smallest absolute Gasteiger partial charge is 0.330 e. The molecule has 1 N–H and O–H groups in total. The molecule has 0 aromatic carbocycles. The van der Waals surface area contributed by atoms with Crippen molar-refractivity contribution in [3.05, 3.63) is 24.8 Å². The third-order valence-electron chi connectivity index (χ3n) is 2.39. The third-order valence-corrected chi connectivity index (χ3v) is 2.39. The first kappa shape index (κ1) is 14.9. The lowest BCUT2D eigenvalue weighted by Crippen LogP contribution is -2.38. The highest BCUT2D eigenvalue weighted by Crippen LogP contribution is 2.26. The predicted molar refractivity (Wildman–Crippen MR) is 64.9 cm³/mol. The van der Waals surface area contributed by atoms with E-state index in [1.165, 1.54) is 18.2 Å². The van der Waals surface area contributed by atoms with Crippen LogP contribution in [-0.4, -0.2) is 23.8 Å². The summed E-state index contributed by atoms with van der Waals surface area (Å²) in [5, 5.41) is 9.92. The molecule has 1 unspecified atom stereocenters. The SMILES string of the molecule is C=CC=CC(=O)OCC(C)(C)C(O)C(C)C. The molecule has 0 bridgehead atoms. The first-order chi connectivity index (χ1) is 7.31. The second-order valence-electron chi connectivity index (χ2n) is 4.88. The number of aliphatic hydroxyl groups excluding tert-OH is 1. The maximum absolute atomic E-state index is 11.2. The predicted octanol–water partition coefficient (Wildman–Crippen LogP) is 2.31. The number of carbonyl (C=O) groups excluding carboxylic acids is 1. The quantitative estimate of drug-likeness (QED) is 0.429. The van der Waals surface area contributed by atoms with Gasteiger partial charge in [-0.25, -0.2) is 4.79 Å². The van der Waals surface area contributed by atoms with Crippen molar-refractivity contribution in [3.8, 4) is 0 Å². The van der Waals surface area contributed by atoms with E-state index in [4.69, 9.17) is 4.74 Å². The summed E-state index contributed by atoms with van der Waals surface area (Å²) in [4.78, 5) is 11.2. The van der Waals surface area contributed by atoms with Crippen molar-refractivity contribution in [1.29, 1.82) is 0 Å². The first-order valence-corrected chi connectivity index (χ1v) is 5.45. The Morgan fingerprint density at radius 3 is 2.50 bits per heavy atom. The fraction of sp³-hybridized carbons (Fsp3) is 0.615. The molecule has 0 saturated heterocycles. The average molecular weight is 226 g/mol. The largest absolute Gasteiger partial charge is 0.462 e. The molecule has 3 heteroatoms. The lowest BCUT2D eigenvalue weighted by Gasteiger charge is -2.32.